The first-order valence-electron chi connectivity index (χ1n) is 5.81. The summed E-state index contributed by atoms with van der Waals surface area (Å²) >= 11 is 3.39. The van der Waals surface area contributed by atoms with Gasteiger partial charge in [0.05, 0.1) is 0 Å². The molecule has 0 aromatic heterocycles. The lowest BCUT2D eigenvalue weighted by Gasteiger charge is -2.11. The largest absolute Gasteiger partial charge is 0.322 e. The SMILES string of the molecule is Cc1ccc(F)cc1NC(=O)c1cccc(Br)c1C. The molecule has 19 heavy (non-hydrogen) atoms. The van der Waals surface area contributed by atoms with Crippen molar-refractivity contribution in [3.8, 4) is 0 Å². The zero-order chi connectivity index (χ0) is 14.0. The van der Waals surface area contributed by atoms with Crippen molar-refractivity contribution in [2.45, 2.75) is 13.8 Å². The molecule has 0 fully saturated rings. The summed E-state index contributed by atoms with van der Waals surface area (Å²) in [5.74, 6) is -0.612. The van der Waals surface area contributed by atoms with E-state index in [1.54, 1.807) is 18.2 Å². The lowest BCUT2D eigenvalue weighted by molar-refractivity contribution is 0.102. The Bertz CT molecular complexity index is 640. The number of carbonyl (C=O) groups excluding carboxylic acids is 1. The number of anilines is 1. The Morgan fingerprint density at radius 3 is 2.68 bits per heavy atom. The summed E-state index contributed by atoms with van der Waals surface area (Å²) in [5, 5.41) is 2.74. The maximum absolute atomic E-state index is 13.2. The predicted molar refractivity (Wildman–Crippen MR) is 78.0 cm³/mol. The van der Waals surface area contributed by atoms with Crippen LogP contribution in [0.15, 0.2) is 40.9 Å². The zero-order valence-electron chi connectivity index (χ0n) is 10.6. The van der Waals surface area contributed by atoms with Gasteiger partial charge in [0.25, 0.3) is 5.91 Å². The van der Waals surface area contributed by atoms with Gasteiger partial charge >= 0.3 is 0 Å². The molecule has 0 aliphatic rings. The Hall–Kier alpha value is -1.68. The maximum Gasteiger partial charge on any atom is 0.255 e. The van der Waals surface area contributed by atoms with E-state index < -0.39 is 0 Å². The van der Waals surface area contributed by atoms with Crippen molar-refractivity contribution in [2.75, 3.05) is 5.32 Å². The van der Waals surface area contributed by atoms with Crippen molar-refractivity contribution in [2.24, 2.45) is 0 Å². The van der Waals surface area contributed by atoms with E-state index in [2.05, 4.69) is 21.2 Å². The summed E-state index contributed by atoms with van der Waals surface area (Å²) < 4.78 is 14.1. The van der Waals surface area contributed by atoms with E-state index in [0.717, 1.165) is 15.6 Å². The van der Waals surface area contributed by atoms with Crippen molar-refractivity contribution in [1.29, 1.82) is 0 Å². The fourth-order valence-corrected chi connectivity index (χ4v) is 2.14. The maximum atomic E-state index is 13.2. The van der Waals surface area contributed by atoms with Crippen LogP contribution in [0.3, 0.4) is 0 Å². The fraction of sp³-hybridized carbons (Fsp3) is 0.133. The molecule has 98 valence electrons. The third-order valence-corrected chi connectivity index (χ3v) is 3.82. The first-order valence-corrected chi connectivity index (χ1v) is 6.61. The standard InChI is InChI=1S/C15H13BrFNO/c1-9-6-7-11(17)8-14(9)18-15(19)12-4-3-5-13(16)10(12)2/h3-8H,1-2H3,(H,18,19). The average Bonchev–Trinajstić information content (AvgIpc) is 2.37. The van der Waals surface area contributed by atoms with Crippen molar-refractivity contribution in [3.63, 3.8) is 0 Å². The van der Waals surface area contributed by atoms with Gasteiger partial charge in [-0.15, -0.1) is 0 Å². The highest BCUT2D eigenvalue weighted by atomic mass is 79.9. The highest BCUT2D eigenvalue weighted by Crippen LogP contribution is 2.22. The van der Waals surface area contributed by atoms with E-state index >= 15 is 0 Å². The molecule has 2 aromatic rings. The Morgan fingerprint density at radius 1 is 1.21 bits per heavy atom. The fourth-order valence-electron chi connectivity index (χ4n) is 1.77. The minimum Gasteiger partial charge on any atom is -0.322 e. The van der Waals surface area contributed by atoms with E-state index in [1.165, 1.54) is 12.1 Å². The highest BCUT2D eigenvalue weighted by Gasteiger charge is 2.12. The van der Waals surface area contributed by atoms with Gasteiger partial charge in [-0.1, -0.05) is 28.1 Å². The molecule has 0 heterocycles. The van der Waals surface area contributed by atoms with Gasteiger partial charge < -0.3 is 5.32 Å². The quantitative estimate of drug-likeness (QED) is 0.869. The molecular formula is C15H13BrFNO. The molecule has 2 nitrogen and oxygen atoms in total. The van der Waals surface area contributed by atoms with Gasteiger partial charge in [-0.3, -0.25) is 4.79 Å². The third-order valence-electron chi connectivity index (χ3n) is 2.96. The number of hydrogen-bond acceptors (Lipinski definition) is 1. The first-order chi connectivity index (χ1) is 8.99. The van der Waals surface area contributed by atoms with E-state index in [4.69, 9.17) is 0 Å². The number of halogens is 2. The second kappa shape index (κ2) is 5.53. The molecule has 0 saturated heterocycles. The Labute approximate surface area is 119 Å². The molecular weight excluding hydrogens is 309 g/mol. The summed E-state index contributed by atoms with van der Waals surface area (Å²) in [6, 6.07) is 9.74. The van der Waals surface area contributed by atoms with Crippen LogP contribution in [-0.2, 0) is 0 Å². The van der Waals surface area contributed by atoms with Crippen molar-refractivity contribution >= 4 is 27.5 Å². The van der Waals surface area contributed by atoms with Crippen molar-refractivity contribution < 1.29 is 9.18 Å². The number of amides is 1. The summed E-state index contributed by atoms with van der Waals surface area (Å²) in [4.78, 5) is 12.2. The molecule has 0 bridgehead atoms. The van der Waals surface area contributed by atoms with Crippen molar-refractivity contribution in [3.05, 3.63) is 63.4 Å². The predicted octanol–water partition coefficient (Wildman–Crippen LogP) is 4.46. The van der Waals surface area contributed by atoms with Gasteiger partial charge in [0.2, 0.25) is 0 Å². The summed E-state index contributed by atoms with van der Waals surface area (Å²) in [6.07, 6.45) is 0. The molecule has 1 amide bonds. The van der Waals surface area contributed by atoms with Gasteiger partial charge in [-0.25, -0.2) is 4.39 Å². The normalized spacial score (nSPS) is 10.3. The summed E-state index contributed by atoms with van der Waals surface area (Å²) in [6.45, 7) is 3.68. The van der Waals surface area contributed by atoms with Crippen LogP contribution < -0.4 is 5.32 Å². The van der Waals surface area contributed by atoms with Crippen LogP contribution in [0.5, 0.6) is 0 Å². The topological polar surface area (TPSA) is 29.1 Å². The van der Waals surface area contributed by atoms with Crippen LogP contribution in [0, 0.1) is 19.7 Å². The van der Waals surface area contributed by atoms with E-state index in [9.17, 15) is 9.18 Å². The number of aryl methyl sites for hydroxylation is 1. The Balaban J connectivity index is 2.31. The van der Waals surface area contributed by atoms with Crippen molar-refractivity contribution in [1.82, 2.24) is 0 Å². The lowest BCUT2D eigenvalue weighted by Crippen LogP contribution is -2.14. The van der Waals surface area contributed by atoms with Crippen LogP contribution in [0.25, 0.3) is 0 Å². The van der Waals surface area contributed by atoms with Gasteiger partial charge in [-0.2, -0.15) is 0 Å². The van der Waals surface area contributed by atoms with Gasteiger partial charge in [0.1, 0.15) is 5.82 Å². The number of rotatable bonds is 2. The number of benzene rings is 2. The Morgan fingerprint density at radius 2 is 1.95 bits per heavy atom. The van der Waals surface area contributed by atoms with Crippen LogP contribution in [-0.4, -0.2) is 5.91 Å². The van der Waals surface area contributed by atoms with E-state index in [0.29, 0.717) is 11.3 Å². The monoisotopic (exact) mass is 321 g/mol. The lowest BCUT2D eigenvalue weighted by atomic mass is 10.1. The highest BCUT2D eigenvalue weighted by molar-refractivity contribution is 9.10. The van der Waals surface area contributed by atoms with Gasteiger partial charge in [0.15, 0.2) is 0 Å². The number of nitrogens with one attached hydrogen (secondary N) is 1. The second-order valence-electron chi connectivity index (χ2n) is 4.33. The van der Waals surface area contributed by atoms with Crippen LogP contribution in [0.4, 0.5) is 10.1 Å². The molecule has 0 unspecified atom stereocenters. The van der Waals surface area contributed by atoms with Crippen LogP contribution in [0.1, 0.15) is 21.5 Å². The van der Waals surface area contributed by atoms with Crippen LogP contribution >= 0.6 is 15.9 Å². The number of hydrogen-bond donors (Lipinski definition) is 1. The minimum absolute atomic E-state index is 0.243. The second-order valence-corrected chi connectivity index (χ2v) is 5.18. The smallest absolute Gasteiger partial charge is 0.255 e. The average molecular weight is 322 g/mol. The number of carbonyl (C=O) groups is 1. The first kappa shape index (κ1) is 13.7. The van der Waals surface area contributed by atoms with Crippen LogP contribution in [0.2, 0.25) is 0 Å². The molecule has 0 spiro atoms. The Kier molecular flexibility index (Phi) is 4.00. The zero-order valence-corrected chi connectivity index (χ0v) is 12.2. The summed E-state index contributed by atoms with van der Waals surface area (Å²) in [5.41, 5.74) is 2.74. The molecule has 0 radical (unpaired) electrons. The van der Waals surface area contributed by atoms with Gasteiger partial charge in [-0.05, 0) is 49.2 Å². The molecule has 0 aliphatic heterocycles. The molecule has 0 aliphatic carbocycles. The minimum atomic E-state index is -0.369. The third kappa shape index (κ3) is 3.01. The molecule has 2 aromatic carbocycles. The molecule has 4 heteroatoms. The molecule has 1 N–H and O–H groups in total. The van der Waals surface area contributed by atoms with Gasteiger partial charge in [0, 0.05) is 15.7 Å². The molecule has 2 rings (SSSR count). The molecule has 0 saturated carbocycles. The molecule has 0 atom stereocenters. The van der Waals surface area contributed by atoms with E-state index in [-0.39, 0.29) is 11.7 Å². The van der Waals surface area contributed by atoms with E-state index in [1.807, 2.05) is 19.9 Å². The summed E-state index contributed by atoms with van der Waals surface area (Å²) in [7, 11) is 0.